The topological polar surface area (TPSA) is 229 Å². The van der Waals surface area contributed by atoms with Crippen molar-refractivity contribution in [3.63, 3.8) is 0 Å². The largest absolute Gasteiger partial charge is 0.473 e. The van der Waals surface area contributed by atoms with Gasteiger partial charge in [0.15, 0.2) is 0 Å². The van der Waals surface area contributed by atoms with Gasteiger partial charge in [-0.05, 0) is 60.8 Å². The zero-order chi connectivity index (χ0) is 51.2. The molecule has 2 aromatic carbocycles. The molecule has 2 aliphatic heterocycles. The molecule has 2 aliphatic carbocycles. The van der Waals surface area contributed by atoms with Crippen LogP contribution in [0.4, 0.5) is 17.6 Å². The maximum atomic E-state index is 15.1. The molecule has 4 fully saturated rings. The Bertz CT molecular complexity index is 2800. The van der Waals surface area contributed by atoms with Gasteiger partial charge < -0.3 is 40.6 Å². The Kier molecular flexibility index (Phi) is 15.6. The number of hydrazine groups is 1. The molecule has 3 aromatic heterocycles. The Morgan fingerprint density at radius 2 is 1.23 bits per heavy atom. The fourth-order valence-electron chi connectivity index (χ4n) is 9.27. The molecule has 2 saturated heterocycles. The highest BCUT2D eigenvalue weighted by atomic mass is 19.1. The molecule has 0 unspecified atom stereocenters. The predicted molar refractivity (Wildman–Crippen MR) is 255 cm³/mol. The number of carbonyl (C=O) groups is 4. The normalized spacial score (nSPS) is 20.6. The molecule has 5 heterocycles. The number of ether oxygens (including phenoxy) is 2. The lowest BCUT2D eigenvalue weighted by molar-refractivity contribution is -0.139. The summed E-state index contributed by atoms with van der Waals surface area (Å²) in [5.74, 6) is 2.75. The Hall–Kier alpha value is -7.46. The second kappa shape index (κ2) is 22.5. The molecule has 0 spiro atoms. The van der Waals surface area contributed by atoms with E-state index in [0.717, 1.165) is 40.5 Å². The van der Waals surface area contributed by atoms with Gasteiger partial charge in [-0.3, -0.25) is 19.2 Å². The number of carbonyl (C=O) groups excluding carboxylic acids is 4. The van der Waals surface area contributed by atoms with Crippen molar-refractivity contribution in [1.82, 2.24) is 50.4 Å². The third kappa shape index (κ3) is 12.6. The number of benzene rings is 2. The number of alkyl halides is 2. The van der Waals surface area contributed by atoms with Gasteiger partial charge in [0, 0.05) is 30.2 Å². The van der Waals surface area contributed by atoms with Gasteiger partial charge in [-0.25, -0.2) is 29.3 Å². The minimum absolute atomic E-state index is 0.0159. The molecule has 73 heavy (non-hydrogen) atoms. The van der Waals surface area contributed by atoms with Crippen molar-refractivity contribution >= 4 is 23.6 Å². The van der Waals surface area contributed by atoms with Crippen LogP contribution in [0.2, 0.25) is 0 Å². The lowest BCUT2D eigenvalue weighted by Crippen LogP contribution is -2.50. The van der Waals surface area contributed by atoms with Crippen molar-refractivity contribution < 1.29 is 46.2 Å². The maximum absolute atomic E-state index is 15.1. The van der Waals surface area contributed by atoms with Crippen LogP contribution in [0.15, 0.2) is 103 Å². The van der Waals surface area contributed by atoms with Crippen molar-refractivity contribution in [3.05, 3.63) is 149 Å². The van der Waals surface area contributed by atoms with E-state index in [-0.39, 0.29) is 87.1 Å². The van der Waals surface area contributed by atoms with Crippen LogP contribution in [0.25, 0.3) is 0 Å². The zero-order valence-corrected chi connectivity index (χ0v) is 39.7. The summed E-state index contributed by atoms with van der Waals surface area (Å²) < 4.78 is 72.3. The summed E-state index contributed by atoms with van der Waals surface area (Å²) in [7, 11) is 0. The smallest absolute Gasteiger partial charge is 0.253 e. The summed E-state index contributed by atoms with van der Waals surface area (Å²) >= 11 is 0. The third-order valence-corrected chi connectivity index (χ3v) is 13.2. The van der Waals surface area contributed by atoms with E-state index in [0.29, 0.717) is 22.3 Å². The summed E-state index contributed by atoms with van der Waals surface area (Å²) in [5, 5.41) is 14.6. The number of hydrogen-bond donors (Lipinski definition) is 4. The molecular formula is C51H56F4N12O6. The molecule has 5 aromatic rings. The highest BCUT2D eigenvalue weighted by molar-refractivity contribution is 5.90. The van der Waals surface area contributed by atoms with E-state index in [1.54, 1.807) is 84.9 Å². The summed E-state index contributed by atoms with van der Waals surface area (Å²) in [6.07, 6.45) is 2.78. The summed E-state index contributed by atoms with van der Waals surface area (Å²) in [5.41, 5.74) is 9.10. The number of hydrogen-bond acceptors (Lipinski definition) is 13. The SMILES string of the molecule is N/C(=C\N(N)CC(=O)N1C[C@H](F)C[C@H]1C(=O)N[C@@H](c1ccccc1)c1ccc(C2CC2)c(F)n1)COCCOc1cn(CC(=O)N2C[C@H](F)C[C@H]2C(=O)N[C@@H](c2ccccc2)c2ccc(C3CC3)c(F)n2)nn1. The molecule has 9 rings (SSSR count). The Morgan fingerprint density at radius 3 is 1.73 bits per heavy atom. The summed E-state index contributed by atoms with van der Waals surface area (Å²) in [6, 6.07) is 20.4. The molecule has 2 saturated carbocycles. The van der Waals surface area contributed by atoms with Crippen LogP contribution in [0.3, 0.4) is 0 Å². The first-order chi connectivity index (χ1) is 35.3. The van der Waals surface area contributed by atoms with E-state index in [2.05, 4.69) is 30.9 Å². The average molecular weight is 1010 g/mol. The van der Waals surface area contributed by atoms with E-state index in [9.17, 15) is 28.0 Å². The first-order valence-corrected chi connectivity index (χ1v) is 24.3. The van der Waals surface area contributed by atoms with Crippen molar-refractivity contribution in [2.24, 2.45) is 11.6 Å². The molecule has 6 atom stereocenters. The zero-order valence-electron chi connectivity index (χ0n) is 39.7. The lowest BCUT2D eigenvalue weighted by atomic mass is 10.0. The van der Waals surface area contributed by atoms with Gasteiger partial charge in [0.05, 0.1) is 61.7 Å². The first-order valence-electron chi connectivity index (χ1n) is 24.3. The Balaban J connectivity index is 0.722. The molecule has 0 bridgehead atoms. The van der Waals surface area contributed by atoms with E-state index in [1.807, 2.05) is 0 Å². The standard InChI is InChI=1S/C51H56F4N12O6/c52-34-21-41(50(70)60-46(32-7-3-1-4-8-32)39-17-15-37(30-11-12-30)48(54)58-39)66(23-34)44(68)27-64(57)25-36(56)29-72-19-20-73-43-26-65(63-62-43)28-45(69)67-24-35(53)22-42(67)51(71)61-47(33-9-5-2-6-10-33)40-18-16-38(31-13-14-31)49(55)59-40/h1-10,15-18,25-26,30-31,34-35,41-42,46-47H,11-14,19-24,27-29,56-57H2,(H,60,70)(H,61,71)/b36-25-/t34-,35-,41+,42+,46+,47+/m1/s1. The van der Waals surface area contributed by atoms with Crippen molar-refractivity contribution in [2.75, 3.05) is 39.5 Å². The lowest BCUT2D eigenvalue weighted by Gasteiger charge is -2.28. The molecule has 4 amide bonds. The quantitative estimate of drug-likeness (QED) is 0.0267. The monoisotopic (exact) mass is 1010 g/mol. The van der Waals surface area contributed by atoms with Gasteiger partial charge in [-0.2, -0.15) is 8.78 Å². The number of aromatic nitrogens is 5. The number of likely N-dealkylation sites (tertiary alicyclic amines) is 2. The van der Waals surface area contributed by atoms with Crippen molar-refractivity contribution in [3.8, 4) is 5.88 Å². The predicted octanol–water partition coefficient (Wildman–Crippen LogP) is 4.16. The minimum atomic E-state index is -1.47. The molecule has 0 radical (unpaired) electrons. The van der Waals surface area contributed by atoms with E-state index < -0.39 is 78.6 Å². The highest BCUT2D eigenvalue weighted by Gasteiger charge is 2.43. The molecule has 18 nitrogen and oxygen atoms in total. The average Bonchev–Trinajstić information content (AvgIpc) is 4.29. The Labute approximate surface area is 418 Å². The molecule has 4 aliphatic rings. The second-order valence-corrected chi connectivity index (χ2v) is 18.8. The Morgan fingerprint density at radius 1 is 0.726 bits per heavy atom. The van der Waals surface area contributed by atoms with Crippen LogP contribution in [0.5, 0.6) is 5.88 Å². The van der Waals surface area contributed by atoms with Gasteiger partial charge in [-0.1, -0.05) is 83.1 Å². The van der Waals surface area contributed by atoms with Crippen LogP contribution >= 0.6 is 0 Å². The highest BCUT2D eigenvalue weighted by Crippen LogP contribution is 2.42. The summed E-state index contributed by atoms with van der Waals surface area (Å²) in [4.78, 5) is 65.2. The van der Waals surface area contributed by atoms with Crippen LogP contribution in [-0.4, -0.2) is 127 Å². The van der Waals surface area contributed by atoms with Crippen LogP contribution in [-0.2, 0) is 30.5 Å². The van der Waals surface area contributed by atoms with Gasteiger partial charge in [0.2, 0.25) is 35.5 Å². The number of nitrogens with zero attached hydrogens (tertiary/aromatic N) is 8. The number of rotatable bonds is 21. The van der Waals surface area contributed by atoms with Crippen LogP contribution in [0, 0.1) is 11.9 Å². The van der Waals surface area contributed by atoms with Gasteiger partial charge in [-0.15, -0.1) is 0 Å². The second-order valence-electron chi connectivity index (χ2n) is 18.8. The minimum Gasteiger partial charge on any atom is -0.473 e. The van der Waals surface area contributed by atoms with Crippen LogP contribution < -0.4 is 26.9 Å². The van der Waals surface area contributed by atoms with Crippen molar-refractivity contribution in [1.29, 1.82) is 0 Å². The number of amides is 4. The summed E-state index contributed by atoms with van der Waals surface area (Å²) in [6.45, 7) is -1.59. The molecular weight excluding hydrogens is 953 g/mol. The number of halogens is 4. The van der Waals surface area contributed by atoms with E-state index in [1.165, 1.54) is 17.1 Å². The molecule has 22 heteroatoms. The number of pyridine rings is 2. The molecule has 384 valence electrons. The molecule has 6 N–H and O–H groups in total. The third-order valence-electron chi connectivity index (χ3n) is 13.2. The van der Waals surface area contributed by atoms with Gasteiger partial charge in [0.25, 0.3) is 5.88 Å². The maximum Gasteiger partial charge on any atom is 0.253 e. The van der Waals surface area contributed by atoms with Crippen LogP contribution in [0.1, 0.15) is 96.1 Å². The van der Waals surface area contributed by atoms with E-state index >= 15 is 8.78 Å². The number of nitrogens with two attached hydrogens (primary N) is 2. The van der Waals surface area contributed by atoms with Crippen molar-refractivity contribution in [2.45, 2.75) is 93.4 Å². The first kappa shape index (κ1) is 50.5. The number of nitrogens with one attached hydrogen (secondary N) is 2. The van der Waals surface area contributed by atoms with E-state index in [4.69, 9.17) is 21.1 Å². The fraction of sp³-hybridized carbons (Fsp3) is 0.412. The van der Waals surface area contributed by atoms with Gasteiger partial charge >= 0.3 is 0 Å². The fourth-order valence-corrected chi connectivity index (χ4v) is 9.27. The van der Waals surface area contributed by atoms with Gasteiger partial charge in [0.1, 0.15) is 44.1 Å².